The van der Waals surface area contributed by atoms with Gasteiger partial charge in [0.1, 0.15) is 5.76 Å². The van der Waals surface area contributed by atoms with Crippen molar-refractivity contribution < 1.29 is 9.21 Å². The van der Waals surface area contributed by atoms with E-state index < -0.39 is 0 Å². The van der Waals surface area contributed by atoms with Crippen molar-refractivity contribution in [2.24, 2.45) is 0 Å². The van der Waals surface area contributed by atoms with Gasteiger partial charge < -0.3 is 14.6 Å². The number of piperazine rings is 1. The van der Waals surface area contributed by atoms with Crippen LogP contribution >= 0.6 is 24.8 Å². The molecule has 6 nitrogen and oxygen atoms in total. The van der Waals surface area contributed by atoms with E-state index in [0.717, 1.165) is 63.0 Å². The Labute approximate surface area is 150 Å². The summed E-state index contributed by atoms with van der Waals surface area (Å²) in [4.78, 5) is 20.7. The largest absolute Gasteiger partial charge is 0.444 e. The lowest BCUT2D eigenvalue weighted by molar-refractivity contribution is -0.133. The molecule has 0 aromatic carbocycles. The molecule has 1 aliphatic heterocycles. The van der Waals surface area contributed by atoms with Crippen LogP contribution in [0.4, 0.5) is 0 Å². The van der Waals surface area contributed by atoms with Crippen molar-refractivity contribution in [3.05, 3.63) is 17.3 Å². The van der Waals surface area contributed by atoms with Crippen molar-refractivity contribution in [3.63, 3.8) is 0 Å². The summed E-state index contributed by atoms with van der Waals surface area (Å²) >= 11 is 0. The number of amides is 1. The molecule has 0 bridgehead atoms. The highest BCUT2D eigenvalue weighted by Gasteiger charge is 2.21. The molecule has 0 saturated carbocycles. The van der Waals surface area contributed by atoms with Crippen LogP contribution in [0.25, 0.3) is 0 Å². The summed E-state index contributed by atoms with van der Waals surface area (Å²) in [6.45, 7) is 8.91. The van der Waals surface area contributed by atoms with Gasteiger partial charge in [-0.05, 0) is 33.9 Å². The highest BCUT2D eigenvalue weighted by molar-refractivity contribution is 5.85. The fraction of sp³-hybridized carbons (Fsp3) is 0.733. The van der Waals surface area contributed by atoms with Crippen LogP contribution in [-0.4, -0.2) is 60.5 Å². The summed E-state index contributed by atoms with van der Waals surface area (Å²) in [5, 5.41) is 3.07. The molecule has 1 aliphatic rings. The van der Waals surface area contributed by atoms with E-state index in [-0.39, 0.29) is 30.7 Å². The van der Waals surface area contributed by atoms with Gasteiger partial charge in [0.25, 0.3) is 0 Å². The topological polar surface area (TPSA) is 61.6 Å². The number of aromatic nitrogens is 1. The Kier molecular flexibility index (Phi) is 10.5. The first kappa shape index (κ1) is 22.2. The van der Waals surface area contributed by atoms with Crippen LogP contribution in [0.1, 0.15) is 30.2 Å². The van der Waals surface area contributed by atoms with E-state index in [4.69, 9.17) is 4.42 Å². The molecule has 2 heterocycles. The first-order chi connectivity index (χ1) is 10.1. The highest BCUT2D eigenvalue weighted by atomic mass is 35.5. The Morgan fingerprint density at radius 1 is 1.22 bits per heavy atom. The third-order valence-corrected chi connectivity index (χ3v) is 3.97. The lowest BCUT2D eigenvalue weighted by Crippen LogP contribution is -2.48. The number of hydrogen-bond donors (Lipinski definition) is 1. The van der Waals surface area contributed by atoms with Gasteiger partial charge in [0.15, 0.2) is 0 Å². The third kappa shape index (κ3) is 6.67. The summed E-state index contributed by atoms with van der Waals surface area (Å²) in [7, 11) is 1.91. The summed E-state index contributed by atoms with van der Waals surface area (Å²) in [5.41, 5.74) is 0.961. The van der Waals surface area contributed by atoms with E-state index >= 15 is 0 Å². The second kappa shape index (κ2) is 10.9. The van der Waals surface area contributed by atoms with Crippen LogP contribution in [0.3, 0.4) is 0 Å². The number of halogens is 2. The summed E-state index contributed by atoms with van der Waals surface area (Å²) in [6.07, 6.45) is 1.55. The average Bonchev–Trinajstić information content (AvgIpc) is 2.78. The number of nitrogens with zero attached hydrogens (tertiary/aromatic N) is 3. The molecule has 1 aromatic heterocycles. The Bertz CT molecular complexity index is 455. The van der Waals surface area contributed by atoms with E-state index in [1.54, 1.807) is 0 Å². The van der Waals surface area contributed by atoms with E-state index in [1.807, 2.05) is 25.8 Å². The molecule has 1 N–H and O–H groups in total. The second-order valence-corrected chi connectivity index (χ2v) is 5.61. The zero-order valence-electron chi connectivity index (χ0n) is 14.1. The number of rotatable bonds is 6. The van der Waals surface area contributed by atoms with Crippen LogP contribution in [-0.2, 0) is 11.3 Å². The fourth-order valence-corrected chi connectivity index (χ4v) is 2.53. The number of carbonyl (C=O) groups is 1. The summed E-state index contributed by atoms with van der Waals surface area (Å²) in [5.74, 6) is 1.94. The normalized spacial score (nSPS) is 15.0. The maximum absolute atomic E-state index is 12.0. The smallest absolute Gasteiger partial charge is 0.222 e. The van der Waals surface area contributed by atoms with E-state index in [2.05, 4.69) is 15.2 Å². The zero-order chi connectivity index (χ0) is 15.2. The molecule has 0 atom stereocenters. The Hall–Kier alpha value is -0.820. The van der Waals surface area contributed by atoms with Crippen LogP contribution in [0.15, 0.2) is 4.42 Å². The predicted molar refractivity (Wildman–Crippen MR) is 95.5 cm³/mol. The van der Waals surface area contributed by atoms with Crippen LogP contribution in [0.5, 0.6) is 0 Å². The Balaban J connectivity index is 0.00000242. The minimum Gasteiger partial charge on any atom is -0.444 e. The van der Waals surface area contributed by atoms with Crippen molar-refractivity contribution >= 4 is 30.7 Å². The van der Waals surface area contributed by atoms with Crippen molar-refractivity contribution in [1.82, 2.24) is 20.1 Å². The molecule has 1 fully saturated rings. The van der Waals surface area contributed by atoms with E-state index in [1.165, 1.54) is 0 Å². The van der Waals surface area contributed by atoms with E-state index in [0.29, 0.717) is 6.42 Å². The van der Waals surface area contributed by atoms with Gasteiger partial charge in [-0.15, -0.1) is 24.8 Å². The van der Waals surface area contributed by atoms with Gasteiger partial charge in [0.05, 0.1) is 12.2 Å². The highest BCUT2D eigenvalue weighted by Crippen LogP contribution is 2.12. The molecule has 2 rings (SSSR count). The molecular weight excluding hydrogens is 339 g/mol. The molecule has 8 heteroatoms. The number of aryl methyl sites for hydroxylation is 2. The van der Waals surface area contributed by atoms with Gasteiger partial charge in [-0.25, -0.2) is 4.98 Å². The number of carbonyl (C=O) groups excluding carboxylic acids is 1. The average molecular weight is 367 g/mol. The first-order valence-corrected chi connectivity index (χ1v) is 7.67. The number of nitrogens with one attached hydrogen (secondary N) is 1. The molecule has 0 spiro atoms. The number of oxazole rings is 1. The lowest BCUT2D eigenvalue weighted by atomic mass is 10.2. The van der Waals surface area contributed by atoms with Crippen LogP contribution < -0.4 is 5.32 Å². The summed E-state index contributed by atoms with van der Waals surface area (Å²) in [6, 6.07) is 0. The lowest BCUT2D eigenvalue weighted by Gasteiger charge is -2.34. The van der Waals surface area contributed by atoms with Gasteiger partial charge in [0.2, 0.25) is 11.8 Å². The van der Waals surface area contributed by atoms with Crippen molar-refractivity contribution in [2.45, 2.75) is 33.2 Å². The molecule has 1 saturated heterocycles. The summed E-state index contributed by atoms with van der Waals surface area (Å²) < 4.78 is 5.62. The fourth-order valence-electron chi connectivity index (χ4n) is 2.53. The molecule has 1 aromatic rings. The predicted octanol–water partition coefficient (Wildman–Crippen LogP) is 1.78. The molecule has 1 amide bonds. The maximum atomic E-state index is 12.0. The second-order valence-electron chi connectivity index (χ2n) is 5.61. The number of hydrogen-bond acceptors (Lipinski definition) is 5. The van der Waals surface area contributed by atoms with Gasteiger partial charge >= 0.3 is 0 Å². The van der Waals surface area contributed by atoms with E-state index in [9.17, 15) is 4.79 Å². The van der Waals surface area contributed by atoms with Crippen molar-refractivity contribution in [2.75, 3.05) is 39.8 Å². The molecule has 23 heavy (non-hydrogen) atoms. The van der Waals surface area contributed by atoms with Crippen molar-refractivity contribution in [1.29, 1.82) is 0 Å². The van der Waals surface area contributed by atoms with Crippen LogP contribution in [0.2, 0.25) is 0 Å². The minimum absolute atomic E-state index is 0. The molecule has 0 radical (unpaired) electrons. The SMILES string of the molecule is CNCCCC(=O)N1CCN(Cc2nc(C)c(C)o2)CC1.Cl.Cl. The molecular formula is C15H28Cl2N4O2. The van der Waals surface area contributed by atoms with Gasteiger partial charge in [0, 0.05) is 32.6 Å². The van der Waals surface area contributed by atoms with Crippen molar-refractivity contribution in [3.8, 4) is 0 Å². The standard InChI is InChI=1S/C15H26N4O2.2ClH/c1-12-13(2)21-14(17-12)11-18-7-9-19(10-8-18)15(20)5-4-6-16-3;;/h16H,4-11H2,1-3H3;2*1H. The first-order valence-electron chi connectivity index (χ1n) is 7.67. The van der Waals surface area contributed by atoms with Gasteiger partial charge in [-0.3, -0.25) is 9.69 Å². The minimum atomic E-state index is 0. The maximum Gasteiger partial charge on any atom is 0.222 e. The van der Waals surface area contributed by atoms with Gasteiger partial charge in [-0.1, -0.05) is 0 Å². The molecule has 134 valence electrons. The Morgan fingerprint density at radius 3 is 2.39 bits per heavy atom. The Morgan fingerprint density at radius 2 is 1.87 bits per heavy atom. The third-order valence-electron chi connectivity index (χ3n) is 3.97. The molecule has 0 unspecified atom stereocenters. The van der Waals surface area contributed by atoms with Crippen LogP contribution in [0, 0.1) is 13.8 Å². The quantitative estimate of drug-likeness (QED) is 0.777. The molecule has 0 aliphatic carbocycles. The van der Waals surface area contributed by atoms with Gasteiger partial charge in [-0.2, -0.15) is 0 Å². The zero-order valence-corrected chi connectivity index (χ0v) is 15.8. The monoisotopic (exact) mass is 366 g/mol.